The second kappa shape index (κ2) is 26.4. The molecule has 2 N–H and O–H groups in total. The van der Waals surface area contributed by atoms with Gasteiger partial charge >= 0.3 is 0 Å². The van der Waals surface area contributed by atoms with Gasteiger partial charge in [0.2, 0.25) is 0 Å². The van der Waals surface area contributed by atoms with Gasteiger partial charge in [-0.25, -0.2) is 23.1 Å². The Kier molecular flexibility index (Phi) is 22.4. The van der Waals surface area contributed by atoms with Gasteiger partial charge in [-0.15, -0.1) is 0 Å². The van der Waals surface area contributed by atoms with Gasteiger partial charge in [0.1, 0.15) is 35.8 Å². The molecule has 55 heavy (non-hydrogen) atoms. The van der Waals surface area contributed by atoms with Crippen molar-refractivity contribution in [2.45, 2.75) is 119 Å². The Morgan fingerprint density at radius 1 is 0.673 bits per heavy atom. The van der Waals surface area contributed by atoms with Crippen molar-refractivity contribution < 1.29 is 13.2 Å². The minimum absolute atomic E-state index is 0.105. The normalized spacial score (nSPS) is 10.2. The van der Waals surface area contributed by atoms with Crippen LogP contribution in [0.2, 0.25) is 0 Å². The predicted molar refractivity (Wildman–Crippen MR) is 230 cm³/mol. The number of anilines is 1. The molecule has 0 saturated heterocycles. The van der Waals surface area contributed by atoms with Crippen LogP contribution in [0.25, 0.3) is 0 Å². The molecule has 5 aromatic rings. The van der Waals surface area contributed by atoms with Crippen LogP contribution in [0.15, 0.2) is 84.9 Å². The molecule has 0 fully saturated rings. The number of imidazole rings is 2. The summed E-state index contributed by atoms with van der Waals surface area (Å²) in [6, 6.07) is 12.3. The molecule has 0 bridgehead atoms. The van der Waals surface area contributed by atoms with Crippen LogP contribution < -0.4 is 5.73 Å². The molecule has 3 aromatic carbocycles. The number of nitrogen functional groups attached to an aromatic ring is 1. The van der Waals surface area contributed by atoms with E-state index in [-0.39, 0.29) is 23.1 Å². The average Bonchev–Trinajstić information content (AvgIpc) is 3.89. The van der Waals surface area contributed by atoms with Crippen molar-refractivity contribution >= 4 is 46.1 Å². The first-order chi connectivity index (χ1) is 26.4. The number of halogens is 3. The average molecular weight is 791 g/mol. The molecule has 11 heteroatoms. The van der Waals surface area contributed by atoms with E-state index in [2.05, 4.69) is 59.2 Å². The molecule has 0 aliphatic heterocycles. The molecule has 0 amide bonds. The molecular weight excluding hydrogens is 734 g/mol. The summed E-state index contributed by atoms with van der Waals surface area (Å²) in [4.78, 5) is 11.5. The van der Waals surface area contributed by atoms with Crippen LogP contribution in [-0.2, 0) is 19.3 Å². The zero-order valence-corrected chi connectivity index (χ0v) is 34.9. The second-order valence-corrected chi connectivity index (χ2v) is 14.0. The number of nitrogens with two attached hydrogens (primary N) is 1. The Balaban J connectivity index is 0.000000255. The minimum Gasteiger partial charge on any atom is -0.396 e. The molecule has 0 radical (unpaired) electrons. The fourth-order valence-corrected chi connectivity index (χ4v) is 5.99. The zero-order chi connectivity index (χ0) is 40.6. The first kappa shape index (κ1) is 46.7. The molecule has 0 aliphatic carbocycles. The lowest BCUT2D eigenvalue weighted by atomic mass is 10.0. The number of aryl methyl sites for hydroxylation is 6. The number of hydrogen-bond donors (Lipinski definition) is 1. The Bertz CT molecular complexity index is 1800. The van der Waals surface area contributed by atoms with Crippen LogP contribution in [0.1, 0.15) is 112 Å². The number of benzene rings is 3. The Labute approximate surface area is 337 Å². The first-order valence-corrected chi connectivity index (χ1v) is 19.9. The van der Waals surface area contributed by atoms with Crippen LogP contribution in [0, 0.1) is 38.2 Å². The van der Waals surface area contributed by atoms with E-state index >= 15 is 0 Å². The van der Waals surface area contributed by atoms with Crippen LogP contribution >= 0.6 is 24.4 Å². The number of thiocarbonyl (C=S) groups is 2. The van der Waals surface area contributed by atoms with Gasteiger partial charge in [-0.3, -0.25) is 9.13 Å². The maximum Gasteiger partial charge on any atom is 0.190 e. The summed E-state index contributed by atoms with van der Waals surface area (Å²) in [5.41, 5.74) is 12.0. The van der Waals surface area contributed by atoms with Crippen molar-refractivity contribution in [1.29, 1.82) is 0 Å². The number of unbranched alkanes of at least 4 members (excludes halogenated alkanes) is 6. The van der Waals surface area contributed by atoms with Crippen molar-refractivity contribution in [2.75, 3.05) is 5.73 Å². The summed E-state index contributed by atoms with van der Waals surface area (Å²) in [5, 5.41) is 2.85. The highest BCUT2D eigenvalue weighted by Gasteiger charge is 2.07. The van der Waals surface area contributed by atoms with Crippen molar-refractivity contribution in [3.05, 3.63) is 131 Å². The van der Waals surface area contributed by atoms with Crippen LogP contribution in [0.4, 0.5) is 24.5 Å². The van der Waals surface area contributed by atoms with Gasteiger partial charge in [-0.05, 0) is 141 Å². The summed E-state index contributed by atoms with van der Waals surface area (Å²) in [6.07, 6.45) is 23.7. The summed E-state index contributed by atoms with van der Waals surface area (Å²) < 4.78 is 43.3. The summed E-state index contributed by atoms with van der Waals surface area (Å²) in [6.45, 7) is 12.1. The number of nitrogens with zero attached hydrogens (tertiary/aromatic N) is 5. The maximum absolute atomic E-state index is 13.6. The molecule has 2 heterocycles. The molecule has 0 unspecified atom stereocenters. The van der Waals surface area contributed by atoms with Gasteiger partial charge in [0.25, 0.3) is 0 Å². The van der Waals surface area contributed by atoms with E-state index in [9.17, 15) is 13.2 Å². The Morgan fingerprint density at radius 3 is 1.55 bits per heavy atom. The summed E-state index contributed by atoms with van der Waals surface area (Å²) in [5.74, 6) is -0.688. The SMILES string of the molecule is CCCCCc1cc(C)c(N)c(F)c1.CCCCCc1cc(C)c(N=C=S)c(F)c1.CCCCCc1cc(C)cc(F)c1.S=C(n1ccnc1)n1ccnc1. The molecule has 2 aromatic heterocycles. The van der Waals surface area contributed by atoms with Crippen molar-refractivity contribution in [3.8, 4) is 0 Å². The van der Waals surface area contributed by atoms with E-state index in [0.29, 0.717) is 10.8 Å². The van der Waals surface area contributed by atoms with E-state index in [1.807, 2.05) is 32.9 Å². The molecule has 0 saturated carbocycles. The van der Waals surface area contributed by atoms with Crippen LogP contribution in [-0.4, -0.2) is 29.4 Å². The fourth-order valence-electron chi connectivity index (χ4n) is 5.68. The van der Waals surface area contributed by atoms with E-state index in [1.165, 1.54) is 44.9 Å². The van der Waals surface area contributed by atoms with Gasteiger partial charge in [0, 0.05) is 24.8 Å². The second-order valence-electron chi connectivity index (χ2n) is 13.5. The van der Waals surface area contributed by atoms with E-state index in [4.69, 9.17) is 18.0 Å². The molecule has 0 aliphatic rings. The third-order valence-corrected chi connectivity index (χ3v) is 9.14. The zero-order valence-electron chi connectivity index (χ0n) is 33.3. The first-order valence-electron chi connectivity index (χ1n) is 19.1. The summed E-state index contributed by atoms with van der Waals surface area (Å²) in [7, 11) is 0. The molecular formula is C44H57F3N6S2. The number of aliphatic imine (C=N–C) groups is 1. The lowest BCUT2D eigenvalue weighted by molar-refractivity contribution is 0.621. The molecule has 0 atom stereocenters. The monoisotopic (exact) mass is 790 g/mol. The minimum atomic E-state index is -0.302. The fraction of sp³-hybridized carbons (Fsp3) is 0.409. The highest BCUT2D eigenvalue weighted by molar-refractivity contribution is 7.80. The lowest BCUT2D eigenvalue weighted by Crippen LogP contribution is -2.15. The van der Waals surface area contributed by atoms with Gasteiger partial charge in [0.15, 0.2) is 5.11 Å². The summed E-state index contributed by atoms with van der Waals surface area (Å²) >= 11 is 9.63. The number of aromatic nitrogens is 4. The smallest absolute Gasteiger partial charge is 0.190 e. The predicted octanol–water partition coefficient (Wildman–Crippen LogP) is 12.7. The quantitative estimate of drug-likeness (QED) is 0.0556. The lowest BCUT2D eigenvalue weighted by Gasteiger charge is -2.06. The third kappa shape index (κ3) is 17.7. The van der Waals surface area contributed by atoms with Crippen molar-refractivity contribution in [1.82, 2.24) is 19.1 Å². The Hall–Kier alpha value is -4.44. The number of rotatable bonds is 13. The van der Waals surface area contributed by atoms with Crippen molar-refractivity contribution in [2.24, 2.45) is 4.99 Å². The molecule has 296 valence electrons. The highest BCUT2D eigenvalue weighted by atomic mass is 32.1. The van der Waals surface area contributed by atoms with E-state index in [1.54, 1.807) is 70.8 Å². The van der Waals surface area contributed by atoms with Crippen LogP contribution in [0.5, 0.6) is 0 Å². The molecule has 6 nitrogen and oxygen atoms in total. The van der Waals surface area contributed by atoms with Crippen LogP contribution in [0.3, 0.4) is 0 Å². The van der Waals surface area contributed by atoms with E-state index < -0.39 is 0 Å². The van der Waals surface area contributed by atoms with Gasteiger partial charge < -0.3 is 5.73 Å². The highest BCUT2D eigenvalue weighted by Crippen LogP contribution is 2.25. The largest absolute Gasteiger partial charge is 0.396 e. The van der Waals surface area contributed by atoms with Gasteiger partial charge in [-0.2, -0.15) is 4.99 Å². The standard InChI is InChI=1S/C13H16FNS.C12H18FN.C12H17F.C7H6N4S/c1-3-4-5-6-11-7-10(2)13(15-9-16)12(14)8-11;1-3-4-5-6-10-7-9(2)12(14)11(13)8-10;1-3-4-5-6-11-7-10(2)8-12(13)9-11;12-7(10-3-1-8-5-10)11-4-2-9-6-11/h7-8H,3-6H2,1-2H3;7-8H,3-6,14H2,1-2H3;7-9H,3-6H2,1-2H3;1-6H. The number of hydrogen-bond acceptors (Lipinski definition) is 6. The Morgan fingerprint density at radius 2 is 1.15 bits per heavy atom. The molecule has 0 spiro atoms. The maximum atomic E-state index is 13.6. The molecule has 5 rings (SSSR count). The van der Waals surface area contributed by atoms with E-state index in [0.717, 1.165) is 65.5 Å². The van der Waals surface area contributed by atoms with Gasteiger partial charge in [0.05, 0.1) is 10.8 Å². The van der Waals surface area contributed by atoms with Crippen molar-refractivity contribution in [3.63, 3.8) is 0 Å². The topological polar surface area (TPSA) is 74.0 Å². The van der Waals surface area contributed by atoms with Gasteiger partial charge in [-0.1, -0.05) is 77.5 Å². The third-order valence-electron chi connectivity index (χ3n) is 8.63. The number of isothiocyanates is 1.